The van der Waals surface area contributed by atoms with E-state index < -0.39 is 6.04 Å². The minimum Gasteiger partial charge on any atom is -0.347 e. The number of amides is 2. The van der Waals surface area contributed by atoms with Gasteiger partial charge in [-0.2, -0.15) is 0 Å². The Balaban J connectivity index is 1.74. The summed E-state index contributed by atoms with van der Waals surface area (Å²) in [6.07, 6.45) is 6.70. The largest absolute Gasteiger partial charge is 0.347 e. The zero-order chi connectivity index (χ0) is 16.2. The van der Waals surface area contributed by atoms with Gasteiger partial charge in [0.2, 0.25) is 11.8 Å². The SMILES string of the molecule is O=C1CCC[C@@H](C(=O)N[C@@H](c2ccc(Cl)cc2)C2CCCC2)N1. The molecule has 2 fully saturated rings. The van der Waals surface area contributed by atoms with Crippen LogP contribution in [0.25, 0.3) is 0 Å². The molecule has 0 unspecified atom stereocenters. The maximum Gasteiger partial charge on any atom is 0.243 e. The van der Waals surface area contributed by atoms with Gasteiger partial charge in [0.15, 0.2) is 0 Å². The third-order valence-corrected chi connectivity index (χ3v) is 5.20. The van der Waals surface area contributed by atoms with Crippen molar-refractivity contribution in [1.82, 2.24) is 10.6 Å². The van der Waals surface area contributed by atoms with Crippen molar-refractivity contribution in [2.75, 3.05) is 0 Å². The maximum atomic E-state index is 12.6. The molecule has 1 aromatic rings. The molecule has 0 radical (unpaired) electrons. The quantitative estimate of drug-likeness (QED) is 0.887. The highest BCUT2D eigenvalue weighted by Crippen LogP contribution is 2.36. The van der Waals surface area contributed by atoms with Crippen LogP contribution in [0, 0.1) is 5.92 Å². The van der Waals surface area contributed by atoms with E-state index in [-0.39, 0.29) is 17.9 Å². The molecule has 1 aliphatic heterocycles. The summed E-state index contributed by atoms with van der Waals surface area (Å²) in [5.41, 5.74) is 1.09. The van der Waals surface area contributed by atoms with Gasteiger partial charge in [-0.25, -0.2) is 0 Å². The topological polar surface area (TPSA) is 58.2 Å². The third-order valence-electron chi connectivity index (χ3n) is 4.95. The Morgan fingerprint density at radius 2 is 1.83 bits per heavy atom. The Kier molecular flexibility index (Phi) is 5.21. The fraction of sp³-hybridized carbons (Fsp3) is 0.556. The second-order valence-corrected chi connectivity index (χ2v) is 7.03. The van der Waals surface area contributed by atoms with Crippen molar-refractivity contribution < 1.29 is 9.59 Å². The summed E-state index contributed by atoms with van der Waals surface area (Å²) in [4.78, 5) is 24.1. The Morgan fingerprint density at radius 1 is 1.13 bits per heavy atom. The highest BCUT2D eigenvalue weighted by Gasteiger charge is 2.31. The van der Waals surface area contributed by atoms with Crippen LogP contribution in [0.1, 0.15) is 56.6 Å². The molecule has 124 valence electrons. The van der Waals surface area contributed by atoms with Gasteiger partial charge >= 0.3 is 0 Å². The van der Waals surface area contributed by atoms with E-state index in [2.05, 4.69) is 10.6 Å². The zero-order valence-electron chi connectivity index (χ0n) is 13.2. The van der Waals surface area contributed by atoms with Crippen LogP contribution in [0.4, 0.5) is 0 Å². The zero-order valence-corrected chi connectivity index (χ0v) is 13.9. The van der Waals surface area contributed by atoms with E-state index >= 15 is 0 Å². The van der Waals surface area contributed by atoms with Crippen molar-refractivity contribution in [1.29, 1.82) is 0 Å². The molecule has 2 amide bonds. The predicted octanol–water partition coefficient (Wildman–Crippen LogP) is 3.36. The summed E-state index contributed by atoms with van der Waals surface area (Å²) in [7, 11) is 0. The van der Waals surface area contributed by atoms with Crippen molar-refractivity contribution in [3.05, 3.63) is 34.9 Å². The number of carbonyl (C=O) groups excluding carboxylic acids is 2. The minimum absolute atomic E-state index is 0.00101. The molecule has 1 saturated carbocycles. The van der Waals surface area contributed by atoms with Gasteiger partial charge in [0, 0.05) is 11.4 Å². The molecule has 1 aliphatic carbocycles. The molecule has 1 heterocycles. The van der Waals surface area contributed by atoms with E-state index in [0.29, 0.717) is 17.4 Å². The molecule has 4 nitrogen and oxygen atoms in total. The van der Waals surface area contributed by atoms with Gasteiger partial charge in [0.1, 0.15) is 6.04 Å². The predicted molar refractivity (Wildman–Crippen MR) is 90.1 cm³/mol. The Bertz CT molecular complexity index is 567. The van der Waals surface area contributed by atoms with Gasteiger partial charge in [-0.1, -0.05) is 36.6 Å². The normalized spacial score (nSPS) is 23.3. The summed E-state index contributed by atoms with van der Waals surface area (Å²) >= 11 is 5.98. The lowest BCUT2D eigenvalue weighted by Gasteiger charge is -2.29. The molecule has 2 N–H and O–H groups in total. The van der Waals surface area contributed by atoms with Crippen LogP contribution < -0.4 is 10.6 Å². The first-order valence-electron chi connectivity index (χ1n) is 8.48. The first kappa shape index (κ1) is 16.3. The highest BCUT2D eigenvalue weighted by atomic mass is 35.5. The average molecular weight is 335 g/mol. The Hall–Kier alpha value is -1.55. The van der Waals surface area contributed by atoms with E-state index in [9.17, 15) is 9.59 Å². The van der Waals surface area contributed by atoms with E-state index in [1.165, 1.54) is 12.8 Å². The van der Waals surface area contributed by atoms with Crippen LogP contribution >= 0.6 is 11.6 Å². The minimum atomic E-state index is -0.396. The van der Waals surface area contributed by atoms with E-state index in [0.717, 1.165) is 31.2 Å². The van der Waals surface area contributed by atoms with E-state index in [4.69, 9.17) is 11.6 Å². The Morgan fingerprint density at radius 3 is 2.48 bits per heavy atom. The summed E-state index contributed by atoms with van der Waals surface area (Å²) < 4.78 is 0. The second-order valence-electron chi connectivity index (χ2n) is 6.59. The standard InChI is InChI=1S/C18H23ClN2O2/c19-14-10-8-13(9-11-14)17(12-4-1-2-5-12)21-18(23)15-6-3-7-16(22)20-15/h8-12,15,17H,1-7H2,(H,20,22)(H,21,23)/t15-,17+/m0/s1. The van der Waals surface area contributed by atoms with Crippen LogP contribution in [-0.4, -0.2) is 17.9 Å². The monoisotopic (exact) mass is 334 g/mol. The number of nitrogens with one attached hydrogen (secondary N) is 2. The maximum absolute atomic E-state index is 12.6. The first-order valence-corrected chi connectivity index (χ1v) is 8.86. The van der Waals surface area contributed by atoms with Crippen LogP contribution in [0.15, 0.2) is 24.3 Å². The summed E-state index contributed by atoms with van der Waals surface area (Å²) in [6, 6.07) is 7.32. The van der Waals surface area contributed by atoms with E-state index in [1.54, 1.807) is 0 Å². The molecule has 5 heteroatoms. The lowest BCUT2D eigenvalue weighted by atomic mass is 9.91. The number of hydrogen-bond acceptors (Lipinski definition) is 2. The lowest BCUT2D eigenvalue weighted by molar-refractivity contribution is -0.131. The molecular formula is C18H23ClN2O2. The lowest BCUT2D eigenvalue weighted by Crippen LogP contribution is -2.50. The second kappa shape index (κ2) is 7.35. The van der Waals surface area contributed by atoms with Crippen molar-refractivity contribution in [2.45, 2.75) is 57.0 Å². The molecular weight excluding hydrogens is 312 g/mol. The number of piperidine rings is 1. The van der Waals surface area contributed by atoms with Crippen molar-refractivity contribution >= 4 is 23.4 Å². The smallest absolute Gasteiger partial charge is 0.243 e. The highest BCUT2D eigenvalue weighted by molar-refractivity contribution is 6.30. The van der Waals surface area contributed by atoms with Crippen LogP contribution in [0.3, 0.4) is 0 Å². The molecule has 23 heavy (non-hydrogen) atoms. The molecule has 0 spiro atoms. The number of hydrogen-bond donors (Lipinski definition) is 2. The summed E-state index contributed by atoms with van der Waals surface area (Å²) in [5.74, 6) is 0.365. The molecule has 1 aromatic carbocycles. The first-order chi connectivity index (χ1) is 11.1. The van der Waals surface area contributed by atoms with Crippen LogP contribution in [0.2, 0.25) is 5.02 Å². The molecule has 2 aliphatic rings. The summed E-state index contributed by atoms with van der Waals surface area (Å²) in [6.45, 7) is 0. The third kappa shape index (κ3) is 4.05. The molecule has 0 bridgehead atoms. The van der Waals surface area contributed by atoms with Gasteiger partial charge in [-0.15, -0.1) is 0 Å². The Labute approximate surface area is 142 Å². The molecule has 3 rings (SSSR count). The van der Waals surface area contributed by atoms with Gasteiger partial charge in [-0.05, 0) is 49.3 Å². The van der Waals surface area contributed by atoms with Crippen molar-refractivity contribution in [3.63, 3.8) is 0 Å². The van der Waals surface area contributed by atoms with Crippen LogP contribution in [-0.2, 0) is 9.59 Å². The molecule has 0 aromatic heterocycles. The fourth-order valence-corrected chi connectivity index (χ4v) is 3.82. The fourth-order valence-electron chi connectivity index (χ4n) is 3.69. The van der Waals surface area contributed by atoms with Gasteiger partial charge < -0.3 is 10.6 Å². The van der Waals surface area contributed by atoms with Crippen molar-refractivity contribution in [2.24, 2.45) is 5.92 Å². The summed E-state index contributed by atoms with van der Waals surface area (Å²) in [5, 5.41) is 6.69. The van der Waals surface area contributed by atoms with Crippen molar-refractivity contribution in [3.8, 4) is 0 Å². The van der Waals surface area contributed by atoms with E-state index in [1.807, 2.05) is 24.3 Å². The van der Waals surface area contributed by atoms with Gasteiger partial charge in [0.05, 0.1) is 6.04 Å². The number of benzene rings is 1. The number of rotatable bonds is 4. The molecule has 1 saturated heterocycles. The number of halogens is 1. The average Bonchev–Trinajstić information content (AvgIpc) is 3.07. The van der Waals surface area contributed by atoms with Crippen LogP contribution in [0.5, 0.6) is 0 Å². The van der Waals surface area contributed by atoms with Gasteiger partial charge in [0.25, 0.3) is 0 Å². The van der Waals surface area contributed by atoms with Gasteiger partial charge in [-0.3, -0.25) is 9.59 Å². The number of carbonyl (C=O) groups is 2. The molecule has 2 atom stereocenters.